The molecule has 0 radical (unpaired) electrons. The number of amides is 4. The van der Waals surface area contributed by atoms with E-state index in [1.165, 1.54) is 24.3 Å². The normalized spacial score (nSPS) is 16.4. The zero-order valence-corrected chi connectivity index (χ0v) is 13.7. The molecule has 5 nitrogen and oxygen atoms in total. The van der Waals surface area contributed by atoms with Gasteiger partial charge in [-0.2, -0.15) is 0 Å². The van der Waals surface area contributed by atoms with Crippen molar-refractivity contribution in [3.05, 3.63) is 70.5 Å². The van der Waals surface area contributed by atoms with Crippen molar-refractivity contribution in [2.45, 2.75) is 13.8 Å². The molecule has 0 bridgehead atoms. The number of carbonyl (C=O) groups is 3. The first-order valence-electron chi connectivity index (χ1n) is 7.60. The lowest BCUT2D eigenvalue weighted by molar-refractivity contribution is -0.122. The summed E-state index contributed by atoms with van der Waals surface area (Å²) in [5, 5.41) is 2.15. The van der Waals surface area contributed by atoms with Crippen molar-refractivity contribution in [3.8, 4) is 0 Å². The fourth-order valence-corrected chi connectivity index (χ4v) is 2.73. The van der Waals surface area contributed by atoms with Crippen LogP contribution in [0.25, 0.3) is 6.08 Å². The van der Waals surface area contributed by atoms with Gasteiger partial charge in [0.25, 0.3) is 11.8 Å². The summed E-state index contributed by atoms with van der Waals surface area (Å²) in [6, 6.07) is 9.95. The molecule has 1 N–H and O–H groups in total. The van der Waals surface area contributed by atoms with Crippen molar-refractivity contribution in [1.82, 2.24) is 5.32 Å². The van der Waals surface area contributed by atoms with Gasteiger partial charge in [-0.05, 0) is 60.9 Å². The lowest BCUT2D eigenvalue weighted by Gasteiger charge is -2.27. The summed E-state index contributed by atoms with van der Waals surface area (Å²) in [6.45, 7) is 3.69. The van der Waals surface area contributed by atoms with Crippen molar-refractivity contribution in [2.24, 2.45) is 0 Å². The summed E-state index contributed by atoms with van der Waals surface area (Å²) in [5.74, 6) is -2.04. The van der Waals surface area contributed by atoms with Crippen LogP contribution in [0.15, 0.2) is 48.0 Å². The Morgan fingerprint density at radius 3 is 2.32 bits per heavy atom. The predicted molar refractivity (Wildman–Crippen MR) is 91.3 cm³/mol. The SMILES string of the molecule is Cc1cc(C)cc(N2C(=O)NC(=O)/C(=C/c3cccc(F)c3)C2=O)c1. The zero-order chi connectivity index (χ0) is 18.1. The number of halogens is 1. The van der Waals surface area contributed by atoms with E-state index in [1.54, 1.807) is 18.2 Å². The second kappa shape index (κ2) is 6.32. The van der Waals surface area contributed by atoms with E-state index in [0.29, 0.717) is 11.3 Å². The number of rotatable bonds is 2. The Balaban J connectivity index is 2.05. The van der Waals surface area contributed by atoms with Gasteiger partial charge in [-0.1, -0.05) is 18.2 Å². The van der Waals surface area contributed by atoms with Crippen LogP contribution in [0.2, 0.25) is 0 Å². The molecule has 0 saturated carbocycles. The number of nitrogens with zero attached hydrogens (tertiary/aromatic N) is 1. The Hall–Kier alpha value is -3.28. The summed E-state index contributed by atoms with van der Waals surface area (Å²) in [4.78, 5) is 37.9. The molecule has 6 heteroatoms. The van der Waals surface area contributed by atoms with Gasteiger partial charge in [0.05, 0.1) is 5.69 Å². The molecule has 1 heterocycles. The smallest absolute Gasteiger partial charge is 0.273 e. The number of imide groups is 2. The van der Waals surface area contributed by atoms with Crippen LogP contribution >= 0.6 is 0 Å². The number of aryl methyl sites for hydroxylation is 2. The molecule has 1 aliphatic heterocycles. The highest BCUT2D eigenvalue weighted by Crippen LogP contribution is 2.24. The lowest BCUT2D eigenvalue weighted by atomic mass is 10.1. The number of anilines is 1. The van der Waals surface area contributed by atoms with E-state index < -0.39 is 23.7 Å². The minimum absolute atomic E-state index is 0.232. The molecule has 2 aromatic carbocycles. The number of hydrogen-bond donors (Lipinski definition) is 1. The van der Waals surface area contributed by atoms with Crippen molar-refractivity contribution in [3.63, 3.8) is 0 Å². The van der Waals surface area contributed by atoms with E-state index in [9.17, 15) is 18.8 Å². The minimum Gasteiger partial charge on any atom is -0.273 e. The van der Waals surface area contributed by atoms with Crippen LogP contribution < -0.4 is 10.2 Å². The van der Waals surface area contributed by atoms with Gasteiger partial charge in [-0.3, -0.25) is 14.9 Å². The maximum atomic E-state index is 13.3. The van der Waals surface area contributed by atoms with Gasteiger partial charge >= 0.3 is 6.03 Å². The van der Waals surface area contributed by atoms with Gasteiger partial charge in [0.15, 0.2) is 0 Å². The third kappa shape index (κ3) is 3.33. The predicted octanol–water partition coefficient (Wildman–Crippen LogP) is 3.11. The molecule has 2 aromatic rings. The van der Waals surface area contributed by atoms with Gasteiger partial charge < -0.3 is 0 Å². The van der Waals surface area contributed by atoms with E-state index in [1.807, 2.05) is 19.9 Å². The van der Waals surface area contributed by atoms with Gasteiger partial charge in [-0.25, -0.2) is 14.1 Å². The molecule has 1 aliphatic rings. The summed E-state index contributed by atoms with van der Waals surface area (Å²) in [7, 11) is 0. The van der Waals surface area contributed by atoms with Crippen LogP contribution in [0.5, 0.6) is 0 Å². The Labute approximate surface area is 143 Å². The molecule has 4 amide bonds. The van der Waals surface area contributed by atoms with E-state index in [4.69, 9.17) is 0 Å². The van der Waals surface area contributed by atoms with Gasteiger partial charge in [0, 0.05) is 0 Å². The van der Waals surface area contributed by atoms with Gasteiger partial charge in [-0.15, -0.1) is 0 Å². The number of barbiturate groups is 1. The van der Waals surface area contributed by atoms with Crippen LogP contribution in [0, 0.1) is 19.7 Å². The fraction of sp³-hybridized carbons (Fsp3) is 0.105. The largest absolute Gasteiger partial charge is 0.335 e. The Morgan fingerprint density at radius 2 is 1.68 bits per heavy atom. The number of benzene rings is 2. The summed E-state index contributed by atoms with van der Waals surface area (Å²) >= 11 is 0. The summed E-state index contributed by atoms with van der Waals surface area (Å²) in [5.41, 5.74) is 2.25. The molecule has 0 aliphatic carbocycles. The second-order valence-electron chi connectivity index (χ2n) is 5.86. The van der Waals surface area contributed by atoms with Crippen molar-refractivity contribution >= 4 is 29.6 Å². The van der Waals surface area contributed by atoms with Crippen LogP contribution in [0.4, 0.5) is 14.9 Å². The average molecular weight is 338 g/mol. The number of hydrogen-bond acceptors (Lipinski definition) is 3. The molecule has 0 atom stereocenters. The molecule has 126 valence electrons. The minimum atomic E-state index is -0.809. The number of nitrogens with one attached hydrogen (secondary N) is 1. The maximum absolute atomic E-state index is 13.3. The molecule has 0 aromatic heterocycles. The third-order valence-corrected chi connectivity index (χ3v) is 3.73. The monoisotopic (exact) mass is 338 g/mol. The van der Waals surface area contributed by atoms with Crippen LogP contribution in [0.1, 0.15) is 16.7 Å². The van der Waals surface area contributed by atoms with E-state index in [2.05, 4.69) is 5.32 Å². The van der Waals surface area contributed by atoms with E-state index >= 15 is 0 Å². The molecule has 3 rings (SSSR count). The number of urea groups is 1. The molecule has 1 saturated heterocycles. The van der Waals surface area contributed by atoms with Crippen molar-refractivity contribution in [2.75, 3.05) is 4.90 Å². The Bertz CT molecular complexity index is 914. The highest BCUT2D eigenvalue weighted by Gasteiger charge is 2.36. The highest BCUT2D eigenvalue weighted by molar-refractivity contribution is 6.39. The van der Waals surface area contributed by atoms with Crippen LogP contribution in [-0.4, -0.2) is 17.8 Å². The average Bonchev–Trinajstić information content (AvgIpc) is 2.50. The van der Waals surface area contributed by atoms with Gasteiger partial charge in [0.1, 0.15) is 11.4 Å². The zero-order valence-electron chi connectivity index (χ0n) is 13.7. The maximum Gasteiger partial charge on any atom is 0.335 e. The quantitative estimate of drug-likeness (QED) is 0.676. The highest BCUT2D eigenvalue weighted by atomic mass is 19.1. The first-order chi connectivity index (χ1) is 11.8. The van der Waals surface area contributed by atoms with E-state index in [0.717, 1.165) is 16.0 Å². The molecule has 0 unspecified atom stereocenters. The Morgan fingerprint density at radius 1 is 1.00 bits per heavy atom. The topological polar surface area (TPSA) is 66.5 Å². The van der Waals surface area contributed by atoms with Crippen LogP contribution in [-0.2, 0) is 9.59 Å². The Kier molecular flexibility index (Phi) is 4.19. The van der Waals surface area contributed by atoms with E-state index in [-0.39, 0.29) is 5.57 Å². The molecular weight excluding hydrogens is 323 g/mol. The van der Waals surface area contributed by atoms with Crippen molar-refractivity contribution < 1.29 is 18.8 Å². The summed E-state index contributed by atoms with van der Waals surface area (Å²) < 4.78 is 13.3. The summed E-state index contributed by atoms with van der Waals surface area (Å²) in [6.07, 6.45) is 1.27. The second-order valence-corrected chi connectivity index (χ2v) is 5.86. The molecule has 25 heavy (non-hydrogen) atoms. The number of carbonyl (C=O) groups excluding carboxylic acids is 3. The fourth-order valence-electron chi connectivity index (χ4n) is 2.73. The first kappa shape index (κ1) is 16.6. The lowest BCUT2D eigenvalue weighted by Crippen LogP contribution is -2.54. The molecule has 1 fully saturated rings. The first-order valence-corrected chi connectivity index (χ1v) is 7.60. The third-order valence-electron chi connectivity index (χ3n) is 3.73. The molecule has 0 spiro atoms. The van der Waals surface area contributed by atoms with Gasteiger partial charge in [0.2, 0.25) is 0 Å². The standard InChI is InChI=1S/C19H15FN2O3/c1-11-6-12(2)8-15(7-11)22-18(24)16(17(23)21-19(22)25)10-13-4-3-5-14(20)9-13/h3-10H,1-2H3,(H,21,23,25)/b16-10-. The van der Waals surface area contributed by atoms with Crippen molar-refractivity contribution in [1.29, 1.82) is 0 Å². The van der Waals surface area contributed by atoms with Crippen LogP contribution in [0.3, 0.4) is 0 Å². The molecular formula is C19H15FN2O3.